The highest BCUT2D eigenvalue weighted by molar-refractivity contribution is 7.89. The predicted octanol–water partition coefficient (Wildman–Crippen LogP) is 2.67. The van der Waals surface area contributed by atoms with Gasteiger partial charge in [0.05, 0.1) is 17.1 Å². The lowest BCUT2D eigenvalue weighted by Gasteiger charge is -2.33. The molecule has 26 heavy (non-hydrogen) atoms. The van der Waals surface area contributed by atoms with E-state index < -0.39 is 15.6 Å². The maximum absolute atomic E-state index is 12.5. The molecule has 0 aromatic heterocycles. The Kier molecular flexibility index (Phi) is 5.65. The highest BCUT2D eigenvalue weighted by atomic mass is 32.2. The third-order valence-electron chi connectivity index (χ3n) is 4.70. The van der Waals surface area contributed by atoms with Crippen LogP contribution in [0.3, 0.4) is 0 Å². The third kappa shape index (κ3) is 4.44. The molecule has 1 atom stereocenters. The van der Waals surface area contributed by atoms with Crippen molar-refractivity contribution in [1.29, 1.82) is 0 Å². The molecule has 0 saturated carbocycles. The van der Waals surface area contributed by atoms with E-state index in [0.29, 0.717) is 25.2 Å². The molecule has 0 aliphatic heterocycles. The van der Waals surface area contributed by atoms with E-state index in [9.17, 15) is 13.5 Å². The second-order valence-electron chi connectivity index (χ2n) is 6.81. The second-order valence-corrected chi connectivity index (χ2v) is 8.58. The molecule has 3 rings (SSSR count). The number of sulfonamides is 1. The molecule has 0 bridgehead atoms. The lowest BCUT2D eigenvalue weighted by atomic mass is 9.80. The van der Waals surface area contributed by atoms with Crippen molar-refractivity contribution >= 4 is 10.0 Å². The Balaban J connectivity index is 1.65. The highest BCUT2D eigenvalue weighted by Crippen LogP contribution is 2.28. The highest BCUT2D eigenvalue weighted by Gasteiger charge is 2.33. The molecule has 0 fully saturated rings. The van der Waals surface area contributed by atoms with Crippen LogP contribution < -0.4 is 9.46 Å². The van der Waals surface area contributed by atoms with Crippen LogP contribution in [0.25, 0.3) is 0 Å². The molecule has 1 aliphatic rings. The first-order valence-electron chi connectivity index (χ1n) is 8.94. The van der Waals surface area contributed by atoms with Crippen LogP contribution in [0.5, 0.6) is 5.75 Å². The minimum absolute atomic E-state index is 0.00223. The topological polar surface area (TPSA) is 75.6 Å². The van der Waals surface area contributed by atoms with Crippen LogP contribution in [0.2, 0.25) is 0 Å². The smallest absolute Gasteiger partial charge is 0.240 e. The van der Waals surface area contributed by atoms with Crippen LogP contribution in [-0.2, 0) is 22.9 Å². The maximum Gasteiger partial charge on any atom is 0.240 e. The van der Waals surface area contributed by atoms with Gasteiger partial charge >= 0.3 is 0 Å². The van der Waals surface area contributed by atoms with Crippen LogP contribution in [0.4, 0.5) is 0 Å². The van der Waals surface area contributed by atoms with Gasteiger partial charge in [-0.1, -0.05) is 31.2 Å². The van der Waals surface area contributed by atoms with Gasteiger partial charge < -0.3 is 9.84 Å². The van der Waals surface area contributed by atoms with E-state index in [1.807, 2.05) is 25.1 Å². The Morgan fingerprint density at radius 2 is 1.81 bits per heavy atom. The Morgan fingerprint density at radius 3 is 2.50 bits per heavy atom. The van der Waals surface area contributed by atoms with Gasteiger partial charge in [0.2, 0.25) is 10.0 Å². The summed E-state index contributed by atoms with van der Waals surface area (Å²) in [4.78, 5) is 0.168. The van der Waals surface area contributed by atoms with E-state index in [1.165, 1.54) is 17.7 Å². The number of hydrogen-bond donors (Lipinski definition) is 2. The zero-order chi connectivity index (χ0) is 18.6. The molecule has 1 aliphatic carbocycles. The Hall–Kier alpha value is -1.89. The summed E-state index contributed by atoms with van der Waals surface area (Å²) >= 11 is 0. The van der Waals surface area contributed by atoms with Crippen molar-refractivity contribution in [2.45, 2.75) is 43.1 Å². The minimum Gasteiger partial charge on any atom is -0.494 e. The summed E-state index contributed by atoms with van der Waals surface area (Å²) < 4.78 is 33.1. The van der Waals surface area contributed by atoms with Crippen molar-refractivity contribution in [3.63, 3.8) is 0 Å². The molecular formula is C20H25NO4S. The number of rotatable bonds is 7. The molecule has 0 heterocycles. The van der Waals surface area contributed by atoms with Gasteiger partial charge in [0.15, 0.2) is 0 Å². The molecule has 0 saturated heterocycles. The number of nitrogens with one attached hydrogen (secondary N) is 1. The van der Waals surface area contributed by atoms with Crippen LogP contribution >= 0.6 is 0 Å². The van der Waals surface area contributed by atoms with E-state index in [-0.39, 0.29) is 11.4 Å². The lowest BCUT2D eigenvalue weighted by Crippen LogP contribution is -2.46. The molecule has 5 nitrogen and oxygen atoms in total. The third-order valence-corrected chi connectivity index (χ3v) is 6.11. The second kappa shape index (κ2) is 7.78. The van der Waals surface area contributed by atoms with Crippen LogP contribution in [-0.4, -0.2) is 32.3 Å². The molecule has 2 aromatic rings. The van der Waals surface area contributed by atoms with Crippen molar-refractivity contribution in [1.82, 2.24) is 4.72 Å². The zero-order valence-corrected chi connectivity index (χ0v) is 15.8. The number of aliphatic hydroxyl groups is 1. The molecule has 1 unspecified atom stereocenters. The normalized spacial score (nSPS) is 19.8. The van der Waals surface area contributed by atoms with Gasteiger partial charge in [-0.15, -0.1) is 0 Å². The standard InChI is InChI=1S/C20H25NO4S/c1-2-13-25-18-7-9-19(10-8-18)26(23,24)21-15-20(22)12-11-16-5-3-4-6-17(16)14-20/h3-10,21-22H,2,11-15H2,1H3. The summed E-state index contributed by atoms with van der Waals surface area (Å²) in [6, 6.07) is 14.3. The summed E-state index contributed by atoms with van der Waals surface area (Å²) in [7, 11) is -3.68. The quantitative estimate of drug-likeness (QED) is 0.780. The van der Waals surface area contributed by atoms with Gasteiger partial charge in [0.25, 0.3) is 0 Å². The summed E-state index contributed by atoms with van der Waals surface area (Å²) in [6.45, 7) is 2.60. The summed E-state index contributed by atoms with van der Waals surface area (Å²) in [5.41, 5.74) is 1.24. The van der Waals surface area contributed by atoms with Gasteiger partial charge in [-0.05, 0) is 54.7 Å². The molecule has 140 valence electrons. The Morgan fingerprint density at radius 1 is 1.12 bits per heavy atom. The van der Waals surface area contributed by atoms with Crippen molar-refractivity contribution in [2.24, 2.45) is 0 Å². The first-order chi connectivity index (χ1) is 12.4. The lowest BCUT2D eigenvalue weighted by molar-refractivity contribution is 0.0317. The average molecular weight is 375 g/mol. The van der Waals surface area contributed by atoms with E-state index in [1.54, 1.807) is 12.1 Å². The van der Waals surface area contributed by atoms with E-state index in [2.05, 4.69) is 10.8 Å². The molecular weight excluding hydrogens is 350 g/mol. The largest absolute Gasteiger partial charge is 0.494 e. The first-order valence-corrected chi connectivity index (χ1v) is 10.4. The molecule has 2 N–H and O–H groups in total. The fraction of sp³-hybridized carbons (Fsp3) is 0.400. The average Bonchev–Trinajstić information content (AvgIpc) is 2.65. The minimum atomic E-state index is -3.68. The summed E-state index contributed by atoms with van der Waals surface area (Å²) in [5, 5.41) is 10.8. The van der Waals surface area contributed by atoms with Gasteiger partial charge in [-0.25, -0.2) is 13.1 Å². The molecule has 0 spiro atoms. The Labute approximate surface area is 155 Å². The number of fused-ring (bicyclic) bond motifs is 1. The van der Waals surface area contributed by atoms with Crippen molar-refractivity contribution in [3.05, 3.63) is 59.7 Å². The first kappa shape index (κ1) is 18.9. The zero-order valence-electron chi connectivity index (χ0n) is 14.9. The van der Waals surface area contributed by atoms with Gasteiger partial charge in [0, 0.05) is 13.0 Å². The Bertz CT molecular complexity index is 848. The van der Waals surface area contributed by atoms with E-state index >= 15 is 0 Å². The molecule has 0 amide bonds. The number of hydrogen-bond acceptors (Lipinski definition) is 4. The number of aryl methyl sites for hydroxylation is 1. The number of benzene rings is 2. The monoisotopic (exact) mass is 375 g/mol. The van der Waals surface area contributed by atoms with E-state index in [0.717, 1.165) is 18.4 Å². The van der Waals surface area contributed by atoms with E-state index in [4.69, 9.17) is 4.74 Å². The van der Waals surface area contributed by atoms with Crippen LogP contribution in [0.1, 0.15) is 30.9 Å². The molecule has 2 aromatic carbocycles. The molecule has 0 radical (unpaired) electrons. The van der Waals surface area contributed by atoms with Gasteiger partial charge in [0.1, 0.15) is 5.75 Å². The maximum atomic E-state index is 12.5. The van der Waals surface area contributed by atoms with Gasteiger partial charge in [-0.2, -0.15) is 0 Å². The van der Waals surface area contributed by atoms with Crippen LogP contribution in [0.15, 0.2) is 53.4 Å². The molecule has 6 heteroatoms. The SMILES string of the molecule is CCCOc1ccc(S(=O)(=O)NCC2(O)CCc3ccccc3C2)cc1. The predicted molar refractivity (Wildman–Crippen MR) is 101 cm³/mol. The summed E-state index contributed by atoms with van der Waals surface area (Å²) in [5.74, 6) is 0.647. The summed E-state index contributed by atoms with van der Waals surface area (Å²) in [6.07, 6.45) is 2.63. The van der Waals surface area contributed by atoms with Crippen molar-refractivity contribution in [2.75, 3.05) is 13.2 Å². The van der Waals surface area contributed by atoms with Crippen molar-refractivity contribution in [3.8, 4) is 5.75 Å². The van der Waals surface area contributed by atoms with Gasteiger partial charge in [-0.3, -0.25) is 0 Å². The van der Waals surface area contributed by atoms with Crippen molar-refractivity contribution < 1.29 is 18.3 Å². The fourth-order valence-electron chi connectivity index (χ4n) is 3.18. The fourth-order valence-corrected chi connectivity index (χ4v) is 4.30. The number of ether oxygens (including phenoxy) is 1. The van der Waals surface area contributed by atoms with Crippen LogP contribution in [0, 0.1) is 0 Å².